The van der Waals surface area contributed by atoms with Crippen molar-refractivity contribution in [2.45, 2.75) is 26.1 Å². The average Bonchev–Trinajstić information content (AvgIpc) is 2.58. The standard InChI is InChI=1S/C17H19N3O4/c1-11-8-20(9-12(2)24-11)16(21)10-23-17(22)13-3-4-14-15(7-13)19-6-5-18-14/h3-7,11-12H,8-10H2,1-2H3. The lowest BCUT2D eigenvalue weighted by molar-refractivity contribution is -0.146. The van der Waals surface area contributed by atoms with Gasteiger partial charge in [0.1, 0.15) is 0 Å². The average molecular weight is 329 g/mol. The number of fused-ring (bicyclic) bond motifs is 1. The van der Waals surface area contributed by atoms with Crippen molar-refractivity contribution in [2.24, 2.45) is 0 Å². The maximum atomic E-state index is 12.2. The molecule has 1 fully saturated rings. The van der Waals surface area contributed by atoms with Crippen LogP contribution in [-0.4, -0.2) is 58.6 Å². The van der Waals surface area contributed by atoms with Gasteiger partial charge in [-0.05, 0) is 32.0 Å². The van der Waals surface area contributed by atoms with Crippen LogP contribution < -0.4 is 0 Å². The van der Waals surface area contributed by atoms with E-state index in [0.29, 0.717) is 29.7 Å². The van der Waals surface area contributed by atoms with Gasteiger partial charge in [0.2, 0.25) is 0 Å². The number of hydrogen-bond donors (Lipinski definition) is 0. The molecule has 1 amide bonds. The Morgan fingerprint density at radius 2 is 1.83 bits per heavy atom. The first-order valence-corrected chi connectivity index (χ1v) is 7.84. The van der Waals surface area contributed by atoms with E-state index in [4.69, 9.17) is 9.47 Å². The van der Waals surface area contributed by atoms with Gasteiger partial charge < -0.3 is 14.4 Å². The number of esters is 1. The largest absolute Gasteiger partial charge is 0.452 e. The van der Waals surface area contributed by atoms with Gasteiger partial charge in [-0.1, -0.05) is 0 Å². The molecular weight excluding hydrogens is 310 g/mol. The number of carbonyl (C=O) groups excluding carboxylic acids is 2. The van der Waals surface area contributed by atoms with Crippen molar-refractivity contribution in [3.8, 4) is 0 Å². The number of benzene rings is 1. The van der Waals surface area contributed by atoms with Crippen LogP contribution in [0.4, 0.5) is 0 Å². The molecule has 0 spiro atoms. The maximum Gasteiger partial charge on any atom is 0.338 e. The normalized spacial score (nSPS) is 20.8. The van der Waals surface area contributed by atoms with Gasteiger partial charge in [0.25, 0.3) is 5.91 Å². The van der Waals surface area contributed by atoms with Crippen molar-refractivity contribution in [2.75, 3.05) is 19.7 Å². The molecule has 1 aromatic carbocycles. The van der Waals surface area contributed by atoms with Crippen LogP contribution in [0.25, 0.3) is 11.0 Å². The third-order valence-electron chi connectivity index (χ3n) is 3.80. The predicted molar refractivity (Wildman–Crippen MR) is 86.4 cm³/mol. The summed E-state index contributed by atoms with van der Waals surface area (Å²) in [5.41, 5.74) is 1.65. The van der Waals surface area contributed by atoms with Crippen LogP contribution >= 0.6 is 0 Å². The first-order chi connectivity index (χ1) is 11.5. The summed E-state index contributed by atoms with van der Waals surface area (Å²) in [5, 5.41) is 0. The molecule has 126 valence electrons. The number of carbonyl (C=O) groups is 2. The van der Waals surface area contributed by atoms with Gasteiger partial charge in [-0.3, -0.25) is 14.8 Å². The van der Waals surface area contributed by atoms with E-state index in [9.17, 15) is 9.59 Å². The number of ether oxygens (including phenoxy) is 2. The van der Waals surface area contributed by atoms with Crippen molar-refractivity contribution < 1.29 is 19.1 Å². The highest BCUT2D eigenvalue weighted by Gasteiger charge is 2.26. The van der Waals surface area contributed by atoms with E-state index in [1.54, 1.807) is 35.5 Å². The number of hydrogen-bond acceptors (Lipinski definition) is 6. The van der Waals surface area contributed by atoms with E-state index in [2.05, 4.69) is 9.97 Å². The number of rotatable bonds is 3. The highest BCUT2D eigenvalue weighted by Crippen LogP contribution is 2.13. The van der Waals surface area contributed by atoms with Crippen LogP contribution in [-0.2, 0) is 14.3 Å². The summed E-state index contributed by atoms with van der Waals surface area (Å²) in [6.07, 6.45) is 3.10. The zero-order valence-electron chi connectivity index (χ0n) is 13.6. The van der Waals surface area contributed by atoms with Gasteiger partial charge in [0, 0.05) is 25.5 Å². The Labute approximate surface area is 139 Å². The monoisotopic (exact) mass is 329 g/mol. The van der Waals surface area contributed by atoms with E-state index >= 15 is 0 Å². The van der Waals surface area contributed by atoms with Crippen molar-refractivity contribution in [1.29, 1.82) is 0 Å². The summed E-state index contributed by atoms with van der Waals surface area (Å²) in [6.45, 7) is 4.56. The molecule has 0 aliphatic carbocycles. The molecule has 1 saturated heterocycles. The number of aromatic nitrogens is 2. The zero-order chi connectivity index (χ0) is 17.1. The molecule has 0 bridgehead atoms. The molecule has 2 unspecified atom stereocenters. The summed E-state index contributed by atoms with van der Waals surface area (Å²) in [7, 11) is 0. The van der Waals surface area contributed by atoms with Crippen molar-refractivity contribution >= 4 is 22.9 Å². The van der Waals surface area contributed by atoms with Crippen LogP contribution in [0.5, 0.6) is 0 Å². The Morgan fingerprint density at radius 3 is 2.54 bits per heavy atom. The molecule has 0 N–H and O–H groups in total. The van der Waals surface area contributed by atoms with Gasteiger partial charge in [-0.2, -0.15) is 0 Å². The second-order valence-corrected chi connectivity index (χ2v) is 5.89. The van der Waals surface area contributed by atoms with Crippen LogP contribution in [0.3, 0.4) is 0 Å². The Hall–Kier alpha value is -2.54. The van der Waals surface area contributed by atoms with E-state index in [1.807, 2.05) is 13.8 Å². The summed E-state index contributed by atoms with van der Waals surface area (Å²) in [4.78, 5) is 34.3. The van der Waals surface area contributed by atoms with E-state index in [0.717, 1.165) is 0 Å². The fourth-order valence-electron chi connectivity index (χ4n) is 2.77. The number of nitrogens with zero attached hydrogens (tertiary/aromatic N) is 3. The summed E-state index contributed by atoms with van der Waals surface area (Å²) < 4.78 is 10.7. The van der Waals surface area contributed by atoms with E-state index in [-0.39, 0.29) is 24.7 Å². The number of amides is 1. The Balaban J connectivity index is 1.60. The van der Waals surface area contributed by atoms with Gasteiger partial charge in [-0.25, -0.2) is 4.79 Å². The summed E-state index contributed by atoms with van der Waals surface area (Å²) in [6, 6.07) is 4.92. The van der Waals surface area contributed by atoms with E-state index < -0.39 is 5.97 Å². The first kappa shape index (κ1) is 16.3. The zero-order valence-corrected chi connectivity index (χ0v) is 13.6. The fraction of sp³-hybridized carbons (Fsp3) is 0.412. The van der Waals surface area contributed by atoms with Crippen molar-refractivity contribution in [3.05, 3.63) is 36.2 Å². The smallest absolute Gasteiger partial charge is 0.338 e. The minimum Gasteiger partial charge on any atom is -0.452 e. The molecule has 1 aliphatic heterocycles. The molecule has 2 atom stereocenters. The molecule has 1 aromatic heterocycles. The quantitative estimate of drug-likeness (QED) is 0.792. The fourth-order valence-corrected chi connectivity index (χ4v) is 2.77. The molecule has 0 saturated carbocycles. The van der Waals surface area contributed by atoms with Crippen molar-refractivity contribution in [1.82, 2.24) is 14.9 Å². The molecule has 7 heteroatoms. The third kappa shape index (κ3) is 3.68. The lowest BCUT2D eigenvalue weighted by Gasteiger charge is -2.35. The third-order valence-corrected chi connectivity index (χ3v) is 3.80. The lowest BCUT2D eigenvalue weighted by Crippen LogP contribution is -2.49. The highest BCUT2D eigenvalue weighted by atomic mass is 16.5. The minimum absolute atomic E-state index is 0.0209. The molecular formula is C17H19N3O4. The van der Waals surface area contributed by atoms with E-state index in [1.165, 1.54) is 0 Å². The van der Waals surface area contributed by atoms with Gasteiger partial charge in [0.05, 0.1) is 28.8 Å². The molecule has 0 radical (unpaired) electrons. The predicted octanol–water partition coefficient (Wildman–Crippen LogP) is 1.42. The molecule has 3 rings (SSSR count). The molecule has 2 aromatic rings. The van der Waals surface area contributed by atoms with Gasteiger partial charge in [0.15, 0.2) is 6.61 Å². The Kier molecular flexibility index (Phi) is 4.71. The lowest BCUT2D eigenvalue weighted by atomic mass is 10.2. The van der Waals surface area contributed by atoms with Crippen LogP contribution in [0.2, 0.25) is 0 Å². The minimum atomic E-state index is -0.551. The summed E-state index contributed by atoms with van der Waals surface area (Å²) >= 11 is 0. The second kappa shape index (κ2) is 6.92. The van der Waals surface area contributed by atoms with Gasteiger partial charge in [-0.15, -0.1) is 0 Å². The number of morpholine rings is 1. The van der Waals surface area contributed by atoms with Crippen LogP contribution in [0, 0.1) is 0 Å². The Morgan fingerprint density at radius 1 is 1.17 bits per heavy atom. The SMILES string of the molecule is CC1CN(C(=O)COC(=O)c2ccc3nccnc3c2)CC(C)O1. The highest BCUT2D eigenvalue weighted by molar-refractivity contribution is 5.94. The van der Waals surface area contributed by atoms with Crippen LogP contribution in [0.1, 0.15) is 24.2 Å². The topological polar surface area (TPSA) is 81.6 Å². The molecule has 7 nitrogen and oxygen atoms in total. The molecule has 2 heterocycles. The molecule has 24 heavy (non-hydrogen) atoms. The summed E-state index contributed by atoms with van der Waals surface area (Å²) in [5.74, 6) is -0.767. The first-order valence-electron chi connectivity index (χ1n) is 7.84. The molecule has 1 aliphatic rings. The van der Waals surface area contributed by atoms with Gasteiger partial charge >= 0.3 is 5.97 Å². The Bertz CT molecular complexity index is 754. The van der Waals surface area contributed by atoms with Crippen molar-refractivity contribution in [3.63, 3.8) is 0 Å². The maximum absolute atomic E-state index is 12.2. The second-order valence-electron chi connectivity index (χ2n) is 5.89. The van der Waals surface area contributed by atoms with Crippen LogP contribution in [0.15, 0.2) is 30.6 Å².